The number of Topliss-reactive ketones (excluding diaryl/α,β-unsaturated/α-hetero) is 1. The number of fused-ring (bicyclic) bond motifs is 2. The molecule has 1 heterocycles. The number of anilines is 1. The quantitative estimate of drug-likeness (QED) is 0.511. The van der Waals surface area contributed by atoms with Gasteiger partial charge in [0.2, 0.25) is 11.8 Å². The molecule has 0 bridgehead atoms. The summed E-state index contributed by atoms with van der Waals surface area (Å²) in [7, 11) is 1.60. The highest BCUT2D eigenvalue weighted by Gasteiger charge is 2.34. The molecule has 7 heteroatoms. The van der Waals surface area contributed by atoms with Crippen molar-refractivity contribution in [1.29, 1.82) is 5.26 Å². The molecular formula is C30H31N3O4. The number of nitrogens with zero attached hydrogens (tertiary/aromatic N) is 1. The first-order valence-electron chi connectivity index (χ1n) is 12.9. The van der Waals surface area contributed by atoms with Gasteiger partial charge < -0.3 is 15.4 Å². The number of hydrogen-bond acceptors (Lipinski definition) is 5. The lowest BCUT2D eigenvalue weighted by Gasteiger charge is -2.26. The Hall–Kier alpha value is -3.92. The molecule has 3 aliphatic rings. The maximum Gasteiger partial charge on any atom is 0.248 e. The molecule has 2 amide bonds. The standard InChI is InChI=1S/C30H31N3O4/c1-37-28-8-4-6-20-14-23(16-24(20)28)30(36)33-26(12-18-9-10-18)27(34)13-19(17-31)11-22-15-21-5-2-3-7-25(21)32-29(22)35/h2-8,16,18-19,22,26H,9-15H2,1H3,(H,32,35)(H,33,36)/t19-,22-,26+/m1/s1. The van der Waals surface area contributed by atoms with Gasteiger partial charge in [0.15, 0.2) is 5.78 Å². The Morgan fingerprint density at radius 1 is 1.14 bits per heavy atom. The van der Waals surface area contributed by atoms with Gasteiger partial charge in [-0.1, -0.05) is 43.2 Å². The fourth-order valence-electron chi connectivity index (χ4n) is 5.38. The van der Waals surface area contributed by atoms with Crippen LogP contribution in [0.4, 0.5) is 5.69 Å². The van der Waals surface area contributed by atoms with E-state index < -0.39 is 12.0 Å². The Labute approximate surface area is 216 Å². The SMILES string of the molecule is COc1cccc2c1C=C(C(=O)N[C@@H](CC1CC1)C(=O)C[C@H](C#N)C[C@@H]1Cc3ccccc3NC1=O)C2. The number of nitrogens with one attached hydrogen (secondary N) is 2. The number of hydrogen-bond donors (Lipinski definition) is 2. The van der Waals surface area contributed by atoms with Crippen molar-refractivity contribution in [1.82, 2.24) is 5.32 Å². The maximum absolute atomic E-state index is 13.4. The number of carbonyl (C=O) groups excluding carboxylic acids is 3. The third-order valence-corrected chi connectivity index (χ3v) is 7.64. The summed E-state index contributed by atoms with van der Waals surface area (Å²) in [5.74, 6) is -0.321. The molecule has 2 aliphatic carbocycles. The molecule has 1 fully saturated rings. The van der Waals surface area contributed by atoms with Crippen LogP contribution in [0.5, 0.6) is 5.75 Å². The van der Waals surface area contributed by atoms with E-state index >= 15 is 0 Å². The van der Waals surface area contributed by atoms with Gasteiger partial charge >= 0.3 is 0 Å². The molecule has 0 spiro atoms. The van der Waals surface area contributed by atoms with Crippen LogP contribution in [0.3, 0.4) is 0 Å². The second-order valence-electron chi connectivity index (χ2n) is 10.4. The molecule has 37 heavy (non-hydrogen) atoms. The third-order valence-electron chi connectivity index (χ3n) is 7.64. The first kappa shape index (κ1) is 24.8. The number of ether oxygens (including phenoxy) is 1. The van der Waals surface area contributed by atoms with Crippen molar-refractivity contribution in [3.05, 3.63) is 64.7 Å². The van der Waals surface area contributed by atoms with Crippen molar-refractivity contribution in [3.63, 3.8) is 0 Å². The van der Waals surface area contributed by atoms with Gasteiger partial charge in [-0.05, 0) is 54.5 Å². The number of carbonyl (C=O) groups is 3. The summed E-state index contributed by atoms with van der Waals surface area (Å²) in [6.45, 7) is 0. The van der Waals surface area contributed by atoms with Crippen LogP contribution in [0.25, 0.3) is 6.08 Å². The smallest absolute Gasteiger partial charge is 0.248 e. The molecule has 5 rings (SSSR count). The largest absolute Gasteiger partial charge is 0.496 e. The van der Waals surface area contributed by atoms with E-state index in [1.807, 2.05) is 48.5 Å². The minimum atomic E-state index is -0.636. The second-order valence-corrected chi connectivity index (χ2v) is 10.4. The summed E-state index contributed by atoms with van der Waals surface area (Å²) in [6.07, 6.45) is 5.89. The number of methoxy groups -OCH3 is 1. The molecule has 0 radical (unpaired) electrons. The average Bonchev–Trinajstić information content (AvgIpc) is 3.61. The predicted molar refractivity (Wildman–Crippen MR) is 140 cm³/mol. The zero-order valence-electron chi connectivity index (χ0n) is 21.0. The molecule has 7 nitrogen and oxygen atoms in total. The highest BCUT2D eigenvalue weighted by atomic mass is 16.5. The van der Waals surface area contributed by atoms with Crippen molar-refractivity contribution in [3.8, 4) is 11.8 Å². The fourth-order valence-corrected chi connectivity index (χ4v) is 5.38. The highest BCUT2D eigenvalue weighted by molar-refractivity contribution is 6.03. The van der Waals surface area contributed by atoms with Gasteiger partial charge in [0.25, 0.3) is 0 Å². The summed E-state index contributed by atoms with van der Waals surface area (Å²) >= 11 is 0. The van der Waals surface area contributed by atoms with Gasteiger partial charge in [-0.25, -0.2) is 0 Å². The van der Waals surface area contributed by atoms with Gasteiger partial charge in [0.05, 0.1) is 25.1 Å². The van der Waals surface area contributed by atoms with Gasteiger partial charge in [-0.2, -0.15) is 5.26 Å². The van der Waals surface area contributed by atoms with Crippen LogP contribution >= 0.6 is 0 Å². The average molecular weight is 498 g/mol. The summed E-state index contributed by atoms with van der Waals surface area (Å²) in [5, 5.41) is 15.7. The molecule has 1 aliphatic heterocycles. The molecule has 0 unspecified atom stereocenters. The number of para-hydroxylation sites is 1. The third kappa shape index (κ3) is 5.59. The lowest BCUT2D eigenvalue weighted by molar-refractivity contribution is -0.127. The molecule has 2 aromatic carbocycles. The number of amides is 2. The second kappa shape index (κ2) is 10.6. The van der Waals surface area contributed by atoms with Crippen molar-refractivity contribution in [2.75, 3.05) is 12.4 Å². The van der Waals surface area contributed by atoms with E-state index in [1.165, 1.54) is 0 Å². The van der Waals surface area contributed by atoms with Crippen LogP contribution in [0.1, 0.15) is 48.8 Å². The van der Waals surface area contributed by atoms with E-state index in [9.17, 15) is 19.6 Å². The maximum atomic E-state index is 13.4. The van der Waals surface area contributed by atoms with Gasteiger partial charge in [-0.15, -0.1) is 0 Å². The molecular weight excluding hydrogens is 466 g/mol. The summed E-state index contributed by atoms with van der Waals surface area (Å²) < 4.78 is 5.42. The molecule has 3 atom stereocenters. The lowest BCUT2D eigenvalue weighted by Crippen LogP contribution is -2.42. The van der Waals surface area contributed by atoms with Crippen LogP contribution in [-0.2, 0) is 27.2 Å². The Morgan fingerprint density at radius 3 is 2.68 bits per heavy atom. The number of ketones is 1. The Morgan fingerprint density at radius 2 is 1.92 bits per heavy atom. The summed E-state index contributed by atoms with van der Waals surface area (Å²) in [5.41, 5.74) is 4.36. The van der Waals surface area contributed by atoms with Crippen molar-refractivity contribution >= 4 is 29.4 Å². The van der Waals surface area contributed by atoms with Gasteiger partial charge in [-0.3, -0.25) is 14.4 Å². The Bertz CT molecular complexity index is 1300. The van der Waals surface area contributed by atoms with E-state index in [4.69, 9.17) is 4.74 Å². The van der Waals surface area contributed by atoms with E-state index in [-0.39, 0.29) is 29.9 Å². The summed E-state index contributed by atoms with van der Waals surface area (Å²) in [4.78, 5) is 39.2. The number of rotatable bonds is 10. The van der Waals surface area contributed by atoms with Gasteiger partial charge in [0.1, 0.15) is 5.75 Å². The first-order chi connectivity index (χ1) is 17.9. The number of nitriles is 1. The first-order valence-corrected chi connectivity index (χ1v) is 12.9. The van der Waals surface area contributed by atoms with Crippen molar-refractivity contribution in [2.24, 2.45) is 17.8 Å². The van der Waals surface area contributed by atoms with Crippen molar-refractivity contribution in [2.45, 2.75) is 51.0 Å². The van der Waals surface area contributed by atoms with Crippen LogP contribution in [0.15, 0.2) is 48.0 Å². The van der Waals surface area contributed by atoms with Crippen molar-refractivity contribution < 1.29 is 19.1 Å². The minimum absolute atomic E-state index is 0.0205. The van der Waals surface area contributed by atoms with E-state index in [2.05, 4.69) is 16.7 Å². The molecule has 0 saturated heterocycles. The molecule has 1 saturated carbocycles. The van der Waals surface area contributed by atoms with E-state index in [0.29, 0.717) is 37.2 Å². The fraction of sp³-hybridized carbons (Fsp3) is 0.400. The van der Waals surface area contributed by atoms with Crippen LogP contribution in [0.2, 0.25) is 0 Å². The number of benzene rings is 2. The van der Waals surface area contributed by atoms with E-state index in [0.717, 1.165) is 41.0 Å². The minimum Gasteiger partial charge on any atom is -0.496 e. The van der Waals surface area contributed by atoms with Gasteiger partial charge in [0, 0.05) is 35.6 Å². The Balaban J connectivity index is 1.23. The normalized spacial score (nSPS) is 19.4. The molecule has 2 N–H and O–H groups in total. The molecule has 190 valence electrons. The van der Waals surface area contributed by atoms with Crippen LogP contribution < -0.4 is 15.4 Å². The summed E-state index contributed by atoms with van der Waals surface area (Å²) in [6, 6.07) is 15.0. The van der Waals surface area contributed by atoms with Crippen LogP contribution in [0, 0.1) is 29.1 Å². The van der Waals surface area contributed by atoms with Crippen LogP contribution in [-0.4, -0.2) is 30.7 Å². The lowest BCUT2D eigenvalue weighted by atomic mass is 9.83. The zero-order chi connectivity index (χ0) is 25.9. The monoisotopic (exact) mass is 497 g/mol. The topological polar surface area (TPSA) is 108 Å². The molecule has 0 aromatic heterocycles. The zero-order valence-corrected chi connectivity index (χ0v) is 21.0. The highest BCUT2D eigenvalue weighted by Crippen LogP contribution is 2.36. The Kier molecular flexibility index (Phi) is 7.09. The van der Waals surface area contributed by atoms with E-state index in [1.54, 1.807) is 7.11 Å². The predicted octanol–water partition coefficient (Wildman–Crippen LogP) is 4.22. The molecule has 2 aromatic rings.